The average molecular weight is 751 g/mol. The minimum absolute atomic E-state index is 0.00935. The monoisotopic (exact) mass is 750 g/mol. The molecule has 4 N–H and O–H groups in total. The van der Waals surface area contributed by atoms with Crippen molar-refractivity contribution in [3.05, 3.63) is 71.8 Å². The number of carbonyl (C=O) groups excluding carboxylic acids is 3. The van der Waals surface area contributed by atoms with Gasteiger partial charge in [-0.3, -0.25) is 19.4 Å². The third-order valence-corrected chi connectivity index (χ3v) is 10.7. The van der Waals surface area contributed by atoms with Gasteiger partial charge in [-0.1, -0.05) is 60.7 Å². The van der Waals surface area contributed by atoms with Crippen molar-refractivity contribution in [1.82, 2.24) is 30.2 Å². The fraction of sp³-hybridized carbons (Fsp3) is 0.634. The summed E-state index contributed by atoms with van der Waals surface area (Å²) in [5, 5.41) is 29.9. The predicted octanol–water partition coefficient (Wildman–Crippen LogP) is 1.91. The first kappa shape index (κ1) is 41.6. The Hall–Kier alpha value is -3.59. The number of urea groups is 1. The molecule has 3 saturated heterocycles. The number of morpholine rings is 2. The molecule has 0 aliphatic carbocycles. The molecule has 3 aliphatic rings. The number of unbranched alkanes of at least 4 members (excludes halogenated alkanes) is 4. The molecule has 54 heavy (non-hydrogen) atoms. The van der Waals surface area contributed by atoms with Crippen LogP contribution in [0.15, 0.2) is 60.7 Å². The highest BCUT2D eigenvalue weighted by molar-refractivity contribution is 5.78. The van der Waals surface area contributed by atoms with Crippen LogP contribution in [0, 0.1) is 0 Å². The summed E-state index contributed by atoms with van der Waals surface area (Å²) in [7, 11) is 0. The van der Waals surface area contributed by atoms with Gasteiger partial charge in [-0.15, -0.1) is 0 Å². The summed E-state index contributed by atoms with van der Waals surface area (Å²) in [5.41, 5.74) is 1.97. The number of hydrogen-bond donors (Lipinski definition) is 4. The van der Waals surface area contributed by atoms with E-state index in [4.69, 9.17) is 9.47 Å². The molecule has 13 nitrogen and oxygen atoms in total. The third kappa shape index (κ3) is 13.3. The lowest BCUT2D eigenvalue weighted by Crippen LogP contribution is -2.51. The zero-order valence-electron chi connectivity index (χ0n) is 31.9. The van der Waals surface area contributed by atoms with Crippen LogP contribution in [0.4, 0.5) is 4.79 Å². The van der Waals surface area contributed by atoms with Gasteiger partial charge in [-0.2, -0.15) is 0 Å². The number of carbonyl (C=O) groups is 3. The number of ether oxygens (including phenoxy) is 2. The molecule has 0 bridgehead atoms. The van der Waals surface area contributed by atoms with Gasteiger partial charge in [0.25, 0.3) is 0 Å². The summed E-state index contributed by atoms with van der Waals surface area (Å²) >= 11 is 0. The Morgan fingerprint density at radius 2 is 0.981 bits per heavy atom. The molecule has 298 valence electrons. The fourth-order valence-electron chi connectivity index (χ4n) is 7.63. The second-order valence-corrected chi connectivity index (χ2v) is 14.8. The van der Waals surface area contributed by atoms with Gasteiger partial charge in [0.2, 0.25) is 11.8 Å². The Morgan fingerprint density at radius 3 is 1.37 bits per heavy atom. The van der Waals surface area contributed by atoms with Gasteiger partial charge in [0, 0.05) is 52.4 Å². The third-order valence-electron chi connectivity index (χ3n) is 10.7. The zero-order chi connectivity index (χ0) is 38.0. The Kier molecular flexibility index (Phi) is 17.5. The number of aliphatic hydroxyl groups is 2. The van der Waals surface area contributed by atoms with E-state index in [2.05, 4.69) is 20.4 Å². The van der Waals surface area contributed by atoms with Gasteiger partial charge >= 0.3 is 6.03 Å². The van der Waals surface area contributed by atoms with Gasteiger partial charge in [0.1, 0.15) is 12.2 Å². The van der Waals surface area contributed by atoms with Crippen molar-refractivity contribution in [2.24, 2.45) is 0 Å². The van der Waals surface area contributed by atoms with E-state index in [1.807, 2.05) is 60.7 Å². The van der Waals surface area contributed by atoms with Crippen molar-refractivity contribution in [2.45, 2.75) is 75.7 Å². The summed E-state index contributed by atoms with van der Waals surface area (Å²) in [6.07, 6.45) is 3.04. The summed E-state index contributed by atoms with van der Waals surface area (Å²) < 4.78 is 10.7. The van der Waals surface area contributed by atoms with Crippen molar-refractivity contribution in [2.75, 3.05) is 91.9 Å². The van der Waals surface area contributed by atoms with Crippen LogP contribution >= 0.6 is 0 Å². The lowest BCUT2D eigenvalue weighted by Gasteiger charge is -2.36. The fourth-order valence-corrected chi connectivity index (χ4v) is 7.63. The lowest BCUT2D eigenvalue weighted by molar-refractivity contribution is -0.124. The second-order valence-electron chi connectivity index (χ2n) is 14.8. The van der Waals surface area contributed by atoms with Crippen molar-refractivity contribution < 1.29 is 34.1 Å². The van der Waals surface area contributed by atoms with Crippen LogP contribution in [-0.2, 0) is 31.9 Å². The Bertz CT molecular complexity index is 1290. The maximum absolute atomic E-state index is 14.7. The number of nitrogens with one attached hydrogen (secondary N) is 2. The number of rotatable bonds is 20. The minimum Gasteiger partial charge on any atom is -0.388 e. The first-order valence-electron chi connectivity index (χ1n) is 20.0. The van der Waals surface area contributed by atoms with Gasteiger partial charge in [-0.05, 0) is 62.5 Å². The lowest BCUT2D eigenvalue weighted by atomic mass is 9.91. The van der Waals surface area contributed by atoms with E-state index in [9.17, 15) is 24.6 Å². The van der Waals surface area contributed by atoms with Crippen LogP contribution < -0.4 is 10.6 Å². The molecule has 0 aromatic heterocycles. The molecule has 0 saturated carbocycles. The van der Waals surface area contributed by atoms with E-state index in [1.54, 1.807) is 9.80 Å². The number of hydrogen-bond acceptors (Lipinski definition) is 9. The van der Waals surface area contributed by atoms with E-state index in [0.29, 0.717) is 91.4 Å². The molecule has 3 fully saturated rings. The van der Waals surface area contributed by atoms with Crippen molar-refractivity contribution in [3.63, 3.8) is 0 Å². The van der Waals surface area contributed by atoms with E-state index in [1.165, 1.54) is 0 Å². The average Bonchev–Trinajstić information content (AvgIpc) is 3.25. The molecule has 0 radical (unpaired) electrons. The molecule has 2 aromatic carbocycles. The number of amides is 4. The molecule has 4 atom stereocenters. The van der Waals surface area contributed by atoms with E-state index in [-0.39, 0.29) is 17.8 Å². The van der Waals surface area contributed by atoms with Gasteiger partial charge < -0.3 is 40.1 Å². The largest absolute Gasteiger partial charge is 0.388 e. The molecule has 13 heteroatoms. The number of aliphatic hydroxyl groups excluding tert-OH is 2. The Balaban J connectivity index is 1.21. The summed E-state index contributed by atoms with van der Waals surface area (Å²) in [4.78, 5) is 47.4. The maximum Gasteiger partial charge on any atom is 0.320 e. The standard InChI is InChI=1S/C41H62N6O7/c48-37(31-44-21-25-53-26-22-44)42-17-9-3-11-19-46-35(29-33-13-5-1-6-14-33)39(50)40(51)36(30-34-15-7-2-8-16-34)47(41(46)52)20-12-4-10-18-43-38(49)32-45-23-27-54-28-24-45/h1-2,5-8,13-16,35-36,39-40,50-51H,3-4,9-12,17-32H2,(H,42,48)(H,43,49)/t35-,36-,39+,40+/m1/s1. The summed E-state index contributed by atoms with van der Waals surface area (Å²) in [5.74, 6) is 0.0187. The van der Waals surface area contributed by atoms with E-state index in [0.717, 1.165) is 63.0 Å². The summed E-state index contributed by atoms with van der Waals surface area (Å²) in [6, 6.07) is 18.2. The quantitative estimate of drug-likeness (QED) is 0.149. The number of benzene rings is 2. The maximum atomic E-state index is 14.7. The van der Waals surface area contributed by atoms with Gasteiger partial charge in [0.15, 0.2) is 0 Å². The van der Waals surface area contributed by atoms with E-state index < -0.39 is 24.3 Å². The topological polar surface area (TPSA) is 147 Å². The minimum atomic E-state index is -1.16. The van der Waals surface area contributed by atoms with Crippen LogP contribution in [0.1, 0.15) is 49.7 Å². The van der Waals surface area contributed by atoms with Gasteiger partial charge in [0.05, 0.1) is 51.6 Å². The molecule has 0 unspecified atom stereocenters. The summed E-state index contributed by atoms with van der Waals surface area (Å²) in [6.45, 7) is 8.37. The molecule has 4 amide bonds. The molecule has 3 aliphatic heterocycles. The highest BCUT2D eigenvalue weighted by Gasteiger charge is 2.45. The van der Waals surface area contributed by atoms with Crippen LogP contribution in [-0.4, -0.2) is 164 Å². The van der Waals surface area contributed by atoms with E-state index >= 15 is 0 Å². The highest BCUT2D eigenvalue weighted by atomic mass is 16.5. The van der Waals surface area contributed by atoms with Crippen LogP contribution in [0.3, 0.4) is 0 Å². The first-order valence-corrected chi connectivity index (χ1v) is 20.0. The molecular weight excluding hydrogens is 688 g/mol. The molecule has 3 heterocycles. The molecular formula is C41H62N6O7. The van der Waals surface area contributed by atoms with Crippen molar-refractivity contribution in [3.8, 4) is 0 Å². The zero-order valence-corrected chi connectivity index (χ0v) is 31.9. The Morgan fingerprint density at radius 1 is 0.593 bits per heavy atom. The van der Waals surface area contributed by atoms with Crippen molar-refractivity contribution in [1.29, 1.82) is 0 Å². The first-order chi connectivity index (χ1) is 26.4. The van der Waals surface area contributed by atoms with Crippen LogP contribution in [0.25, 0.3) is 0 Å². The Labute approximate surface area is 320 Å². The van der Waals surface area contributed by atoms with Crippen LogP contribution in [0.5, 0.6) is 0 Å². The number of nitrogens with zero attached hydrogens (tertiary/aromatic N) is 4. The second kappa shape index (κ2) is 22.7. The van der Waals surface area contributed by atoms with Gasteiger partial charge in [-0.25, -0.2) is 4.79 Å². The highest BCUT2D eigenvalue weighted by Crippen LogP contribution is 2.28. The van der Waals surface area contributed by atoms with Crippen molar-refractivity contribution >= 4 is 17.8 Å². The molecule has 2 aromatic rings. The predicted molar refractivity (Wildman–Crippen MR) is 207 cm³/mol. The molecule has 5 rings (SSSR count). The smallest absolute Gasteiger partial charge is 0.320 e. The normalized spacial score (nSPS) is 22.9. The van der Waals surface area contributed by atoms with Crippen LogP contribution in [0.2, 0.25) is 0 Å². The SMILES string of the molecule is O=C(CN1CCOCC1)NCCCCCN1C(=O)N(CCCCCNC(=O)CN2CCOCC2)[C@H](Cc2ccccc2)[C@H](O)[C@@H](O)[C@H]1Cc1ccccc1. The molecule has 0 spiro atoms.